The minimum Gasteiger partial charge on any atom is -0.506 e. The van der Waals surface area contributed by atoms with Crippen LogP contribution in [0.2, 0.25) is 5.02 Å². The van der Waals surface area contributed by atoms with Gasteiger partial charge in [-0.3, -0.25) is 0 Å². The Balaban J connectivity index is 1.52. The van der Waals surface area contributed by atoms with E-state index in [0.717, 1.165) is 48.6 Å². The Labute approximate surface area is 167 Å². The summed E-state index contributed by atoms with van der Waals surface area (Å²) in [4.78, 5) is 15.6. The number of ether oxygens (including phenoxy) is 1. The minimum atomic E-state index is -0.420. The van der Waals surface area contributed by atoms with Gasteiger partial charge >= 0.3 is 5.63 Å². The summed E-state index contributed by atoms with van der Waals surface area (Å²) >= 11 is 6.06. The first-order valence-corrected chi connectivity index (χ1v) is 9.59. The second-order valence-electron chi connectivity index (χ2n) is 6.98. The zero-order valence-corrected chi connectivity index (χ0v) is 16.3. The molecule has 2 aromatic carbocycles. The van der Waals surface area contributed by atoms with Gasteiger partial charge in [0.25, 0.3) is 0 Å². The zero-order chi connectivity index (χ0) is 19.7. The number of hydrogen-bond donors (Lipinski definition) is 2. The molecule has 1 aliphatic heterocycles. The van der Waals surface area contributed by atoms with Crippen molar-refractivity contribution in [2.75, 3.05) is 38.2 Å². The quantitative estimate of drug-likeness (QED) is 0.655. The number of para-hydroxylation sites is 2. The molecular weight excluding hydrogens is 380 g/mol. The van der Waals surface area contributed by atoms with Gasteiger partial charge in [-0.25, -0.2) is 4.79 Å². The molecule has 0 unspecified atom stereocenters. The van der Waals surface area contributed by atoms with Gasteiger partial charge in [0.05, 0.1) is 44.0 Å². The summed E-state index contributed by atoms with van der Waals surface area (Å²) in [5.74, 6) is 0.791. The largest absolute Gasteiger partial charge is 0.506 e. The normalized spacial score (nSPS) is 15.1. The van der Waals surface area contributed by atoms with Crippen LogP contribution in [0.15, 0.2) is 51.7 Å². The van der Waals surface area contributed by atoms with E-state index in [2.05, 4.69) is 11.0 Å². The highest BCUT2D eigenvalue weighted by Crippen LogP contribution is 2.30. The summed E-state index contributed by atoms with van der Waals surface area (Å²) in [6.07, 6.45) is 0. The second kappa shape index (κ2) is 7.73. The summed E-state index contributed by atoms with van der Waals surface area (Å²) in [5, 5.41) is 10.8. The van der Waals surface area contributed by atoms with Crippen LogP contribution in [0, 0.1) is 0 Å². The molecule has 3 aromatic rings. The molecule has 0 amide bonds. The molecule has 28 heavy (non-hydrogen) atoms. The Bertz CT molecular complexity index is 1060. The Morgan fingerprint density at radius 3 is 2.71 bits per heavy atom. The summed E-state index contributed by atoms with van der Waals surface area (Å²) < 4.78 is 10.7. The smallest absolute Gasteiger partial charge is 0.336 e. The molecule has 0 bridgehead atoms. The number of phenols is 1. The van der Waals surface area contributed by atoms with Crippen LogP contribution >= 0.6 is 11.6 Å². The lowest BCUT2D eigenvalue weighted by molar-refractivity contribution is -0.914. The van der Waals surface area contributed by atoms with E-state index in [9.17, 15) is 9.90 Å². The Morgan fingerprint density at radius 1 is 1.21 bits per heavy atom. The minimum absolute atomic E-state index is 0.0905. The van der Waals surface area contributed by atoms with Gasteiger partial charge in [0.2, 0.25) is 0 Å². The van der Waals surface area contributed by atoms with Crippen LogP contribution in [-0.4, -0.2) is 38.4 Å². The van der Waals surface area contributed by atoms with Crippen molar-refractivity contribution in [2.24, 2.45) is 0 Å². The first-order valence-electron chi connectivity index (χ1n) is 9.22. The molecule has 4 rings (SSSR count). The van der Waals surface area contributed by atoms with Crippen molar-refractivity contribution in [1.82, 2.24) is 0 Å². The average Bonchev–Trinajstić information content (AvgIpc) is 2.70. The molecule has 1 saturated heterocycles. The molecule has 1 fully saturated rings. The van der Waals surface area contributed by atoms with Crippen molar-refractivity contribution in [3.8, 4) is 11.5 Å². The molecule has 0 spiro atoms. The van der Waals surface area contributed by atoms with Gasteiger partial charge in [-0.05, 0) is 18.2 Å². The lowest BCUT2D eigenvalue weighted by Crippen LogP contribution is -3.13. The van der Waals surface area contributed by atoms with Crippen molar-refractivity contribution < 1.29 is 19.2 Å². The van der Waals surface area contributed by atoms with Gasteiger partial charge in [0.1, 0.15) is 23.6 Å². The molecule has 2 N–H and O–H groups in total. The maximum atomic E-state index is 11.9. The highest BCUT2D eigenvalue weighted by atomic mass is 35.5. The van der Waals surface area contributed by atoms with E-state index in [1.54, 1.807) is 13.2 Å². The molecule has 1 aromatic heterocycles. The lowest BCUT2D eigenvalue weighted by Gasteiger charge is -2.34. The highest BCUT2D eigenvalue weighted by molar-refractivity contribution is 6.32. The number of hydrogen-bond acceptors (Lipinski definition) is 5. The number of aromatic hydroxyl groups is 1. The van der Waals surface area contributed by atoms with Crippen molar-refractivity contribution in [1.29, 1.82) is 0 Å². The van der Waals surface area contributed by atoms with E-state index < -0.39 is 5.63 Å². The van der Waals surface area contributed by atoms with Crippen molar-refractivity contribution in [3.63, 3.8) is 0 Å². The number of halogens is 1. The van der Waals surface area contributed by atoms with Crippen LogP contribution in [-0.2, 0) is 6.54 Å². The van der Waals surface area contributed by atoms with E-state index in [1.165, 1.54) is 17.0 Å². The van der Waals surface area contributed by atoms with Gasteiger partial charge in [-0.1, -0.05) is 23.7 Å². The summed E-state index contributed by atoms with van der Waals surface area (Å²) in [6, 6.07) is 12.6. The third-order valence-corrected chi connectivity index (χ3v) is 5.54. The molecule has 146 valence electrons. The Hall–Kier alpha value is -2.70. The van der Waals surface area contributed by atoms with Crippen molar-refractivity contribution in [2.45, 2.75) is 6.54 Å². The number of nitrogens with one attached hydrogen (secondary N) is 1. The highest BCUT2D eigenvalue weighted by Gasteiger charge is 2.23. The van der Waals surface area contributed by atoms with E-state index >= 15 is 0 Å². The predicted octanol–water partition coefficient (Wildman–Crippen LogP) is 2.07. The summed E-state index contributed by atoms with van der Waals surface area (Å²) in [6.45, 7) is 4.37. The average molecular weight is 402 g/mol. The number of rotatable bonds is 4. The molecule has 0 saturated carbocycles. The number of phenolic OH excluding ortho intramolecular Hbond substituents is 1. The zero-order valence-electron chi connectivity index (χ0n) is 15.6. The molecule has 2 heterocycles. The standard InChI is InChI=1S/C21H21ClN2O4/c1-27-19-5-3-2-4-17(19)24-8-6-23(7-9-24)13-14-10-21(26)28-20-12-18(25)16(22)11-15(14)20/h2-5,10-12,25H,6-9,13H2,1H3/p+1. The van der Waals surface area contributed by atoms with Gasteiger partial charge in [-0.15, -0.1) is 0 Å². The van der Waals surface area contributed by atoms with Gasteiger partial charge < -0.3 is 24.1 Å². The molecule has 0 aliphatic carbocycles. The fraction of sp³-hybridized carbons (Fsp3) is 0.286. The molecule has 1 aliphatic rings. The fourth-order valence-electron chi connectivity index (χ4n) is 3.78. The molecule has 7 heteroatoms. The number of nitrogens with zero attached hydrogens (tertiary/aromatic N) is 1. The lowest BCUT2D eigenvalue weighted by atomic mass is 10.1. The number of piperazine rings is 1. The molecule has 6 nitrogen and oxygen atoms in total. The maximum absolute atomic E-state index is 11.9. The topological polar surface area (TPSA) is 67.4 Å². The maximum Gasteiger partial charge on any atom is 0.336 e. The Morgan fingerprint density at radius 2 is 1.96 bits per heavy atom. The molecule has 0 radical (unpaired) electrons. The number of methoxy groups -OCH3 is 1. The van der Waals surface area contributed by atoms with Crippen LogP contribution in [0.5, 0.6) is 11.5 Å². The first kappa shape index (κ1) is 18.7. The third-order valence-electron chi connectivity index (χ3n) is 5.23. The number of fused-ring (bicyclic) bond motifs is 1. The van der Waals surface area contributed by atoms with Crippen LogP contribution < -0.4 is 20.2 Å². The van der Waals surface area contributed by atoms with Gasteiger partial charge in [0, 0.05) is 23.1 Å². The van der Waals surface area contributed by atoms with E-state index in [4.69, 9.17) is 20.8 Å². The number of benzene rings is 2. The van der Waals surface area contributed by atoms with Crippen LogP contribution in [0.25, 0.3) is 11.0 Å². The van der Waals surface area contributed by atoms with E-state index in [1.807, 2.05) is 18.2 Å². The first-order chi connectivity index (χ1) is 13.5. The van der Waals surface area contributed by atoms with Crippen LogP contribution in [0.1, 0.15) is 5.56 Å². The third kappa shape index (κ3) is 3.66. The number of anilines is 1. The van der Waals surface area contributed by atoms with Gasteiger partial charge in [-0.2, -0.15) is 0 Å². The van der Waals surface area contributed by atoms with Crippen LogP contribution in [0.4, 0.5) is 5.69 Å². The van der Waals surface area contributed by atoms with Gasteiger partial charge in [0.15, 0.2) is 0 Å². The van der Waals surface area contributed by atoms with E-state index in [-0.39, 0.29) is 10.8 Å². The molecular formula is C21H22ClN2O4+. The fourth-order valence-corrected chi connectivity index (χ4v) is 3.95. The SMILES string of the molecule is COc1ccccc1N1CC[NH+](Cc2cc(=O)oc3cc(O)c(Cl)cc23)CC1. The predicted molar refractivity (Wildman–Crippen MR) is 109 cm³/mol. The summed E-state index contributed by atoms with van der Waals surface area (Å²) in [7, 11) is 1.69. The van der Waals surface area contributed by atoms with Crippen LogP contribution in [0.3, 0.4) is 0 Å². The van der Waals surface area contributed by atoms with E-state index in [0.29, 0.717) is 12.1 Å². The number of quaternary nitrogens is 1. The second-order valence-corrected chi connectivity index (χ2v) is 7.38. The summed E-state index contributed by atoms with van der Waals surface area (Å²) in [5.41, 5.74) is 1.93. The van der Waals surface area contributed by atoms with Crippen molar-refractivity contribution in [3.05, 3.63) is 63.5 Å². The van der Waals surface area contributed by atoms with Crippen molar-refractivity contribution >= 4 is 28.3 Å². The monoisotopic (exact) mass is 401 g/mol. The Kier molecular flexibility index (Phi) is 5.15. The molecule has 0 atom stereocenters.